The number of Topliss-reactive ketones (excluding diaryl/α,β-unsaturated/α-hetero) is 1. The van der Waals surface area contributed by atoms with Gasteiger partial charge in [-0.25, -0.2) is 9.78 Å². The Morgan fingerprint density at radius 3 is 2.27 bits per heavy atom. The number of ketones is 1. The first kappa shape index (κ1) is 22.1. The second-order valence-electron chi connectivity index (χ2n) is 8.17. The molecule has 0 fully saturated rings. The van der Waals surface area contributed by atoms with E-state index >= 15 is 0 Å². The largest absolute Gasteiger partial charge is 0.425 e. The summed E-state index contributed by atoms with van der Waals surface area (Å²) in [5.74, 6) is -2.68. The molecule has 0 spiro atoms. The van der Waals surface area contributed by atoms with E-state index in [9.17, 15) is 14.4 Å². The third kappa shape index (κ3) is 4.46. The summed E-state index contributed by atoms with van der Waals surface area (Å²) in [6.45, 7) is 7.43. The summed E-state index contributed by atoms with van der Waals surface area (Å²) in [5, 5.41) is 0. The van der Waals surface area contributed by atoms with Gasteiger partial charge in [-0.3, -0.25) is 9.59 Å². The molecule has 3 aromatic carbocycles. The van der Waals surface area contributed by atoms with Crippen LogP contribution in [-0.4, -0.2) is 16.7 Å². The number of esters is 1. The molecule has 0 amide bonds. The van der Waals surface area contributed by atoms with Crippen molar-refractivity contribution in [2.24, 2.45) is 0 Å². The Morgan fingerprint density at radius 1 is 0.879 bits per heavy atom. The Kier molecular flexibility index (Phi) is 5.92. The maximum atomic E-state index is 13.5. The first-order valence-corrected chi connectivity index (χ1v) is 10.5. The molecular formula is C27H23NO5. The number of aromatic nitrogens is 1. The molecule has 1 heterocycles. The highest BCUT2D eigenvalue weighted by molar-refractivity contribution is 6.13. The van der Waals surface area contributed by atoms with E-state index in [0.29, 0.717) is 11.3 Å². The molecule has 0 aliphatic rings. The first-order valence-electron chi connectivity index (χ1n) is 10.5. The molecule has 6 heteroatoms. The van der Waals surface area contributed by atoms with Crippen LogP contribution >= 0.6 is 0 Å². The molecule has 0 N–H and O–H groups in total. The van der Waals surface area contributed by atoms with Gasteiger partial charge in [0.15, 0.2) is 17.3 Å². The van der Waals surface area contributed by atoms with Crippen LogP contribution in [0.2, 0.25) is 0 Å². The van der Waals surface area contributed by atoms with Crippen molar-refractivity contribution in [3.63, 3.8) is 0 Å². The highest BCUT2D eigenvalue weighted by Gasteiger charge is 2.36. The molecule has 4 rings (SSSR count). The summed E-state index contributed by atoms with van der Waals surface area (Å²) >= 11 is 0. The molecule has 1 atom stereocenters. The molecule has 1 aromatic heterocycles. The molecule has 0 saturated heterocycles. The number of benzene rings is 3. The predicted octanol–water partition coefficient (Wildman–Crippen LogP) is 4.99. The standard InChI is InChI=1S/C27H23NO5/c1-15-8-7-9-19(14-15)24(29)22(23-27(31)32-21-11-6-5-10-20(21)28-23)26(30)33-25-17(3)12-16(2)13-18(25)4/h5-14,22H,1-4H3. The normalized spacial score (nSPS) is 11.9. The van der Waals surface area contributed by atoms with Gasteiger partial charge in [-0.15, -0.1) is 0 Å². The molecule has 33 heavy (non-hydrogen) atoms. The average molecular weight is 441 g/mol. The van der Waals surface area contributed by atoms with Gasteiger partial charge in [0, 0.05) is 5.56 Å². The van der Waals surface area contributed by atoms with Crippen LogP contribution in [0.25, 0.3) is 11.1 Å². The zero-order valence-electron chi connectivity index (χ0n) is 18.8. The molecular weight excluding hydrogens is 418 g/mol. The smallest absolute Gasteiger partial charge is 0.359 e. The van der Waals surface area contributed by atoms with Gasteiger partial charge in [0.1, 0.15) is 17.0 Å². The fourth-order valence-electron chi connectivity index (χ4n) is 3.94. The predicted molar refractivity (Wildman–Crippen MR) is 125 cm³/mol. The monoisotopic (exact) mass is 441 g/mol. The zero-order valence-corrected chi connectivity index (χ0v) is 18.8. The van der Waals surface area contributed by atoms with Crippen LogP contribution in [0.5, 0.6) is 5.75 Å². The third-order valence-corrected chi connectivity index (χ3v) is 5.40. The van der Waals surface area contributed by atoms with Crippen molar-refractivity contribution in [1.29, 1.82) is 0 Å². The van der Waals surface area contributed by atoms with Gasteiger partial charge in [-0.2, -0.15) is 0 Å². The van der Waals surface area contributed by atoms with Crippen LogP contribution < -0.4 is 10.4 Å². The number of nitrogens with zero attached hydrogens (tertiary/aromatic N) is 1. The second kappa shape index (κ2) is 8.82. The molecule has 6 nitrogen and oxygen atoms in total. The van der Waals surface area contributed by atoms with Gasteiger partial charge in [0.05, 0.1) is 0 Å². The van der Waals surface area contributed by atoms with Gasteiger partial charge < -0.3 is 9.15 Å². The fraction of sp³-hybridized carbons (Fsp3) is 0.185. The molecule has 0 saturated carbocycles. The number of rotatable bonds is 5. The molecule has 1 unspecified atom stereocenters. The maximum absolute atomic E-state index is 13.5. The molecule has 0 aliphatic heterocycles. The van der Waals surface area contributed by atoms with Crippen LogP contribution in [0, 0.1) is 27.7 Å². The van der Waals surface area contributed by atoms with E-state index in [2.05, 4.69) is 4.98 Å². The second-order valence-corrected chi connectivity index (χ2v) is 8.17. The molecule has 0 aliphatic carbocycles. The highest BCUT2D eigenvalue weighted by Crippen LogP contribution is 2.28. The van der Waals surface area contributed by atoms with Gasteiger partial charge >= 0.3 is 11.6 Å². The topological polar surface area (TPSA) is 86.5 Å². The van der Waals surface area contributed by atoms with Gasteiger partial charge in [-0.1, -0.05) is 53.6 Å². The van der Waals surface area contributed by atoms with Crippen LogP contribution in [0.4, 0.5) is 0 Å². The molecule has 4 aromatic rings. The minimum Gasteiger partial charge on any atom is -0.425 e. The van der Waals surface area contributed by atoms with Gasteiger partial charge in [0.25, 0.3) is 0 Å². The number of hydrogen-bond acceptors (Lipinski definition) is 6. The lowest BCUT2D eigenvalue weighted by atomic mass is 9.93. The number of aryl methyl sites for hydroxylation is 4. The summed E-state index contributed by atoms with van der Waals surface area (Å²) in [4.78, 5) is 44.1. The van der Waals surface area contributed by atoms with Crippen LogP contribution in [0.1, 0.15) is 44.2 Å². The van der Waals surface area contributed by atoms with Gasteiger partial charge in [0.2, 0.25) is 0 Å². The quantitative estimate of drug-likeness (QED) is 0.188. The third-order valence-electron chi connectivity index (χ3n) is 5.40. The minimum absolute atomic E-state index is 0.270. The Labute approximate surface area is 190 Å². The van der Waals surface area contributed by atoms with Gasteiger partial charge in [-0.05, 0) is 57.0 Å². The highest BCUT2D eigenvalue weighted by atomic mass is 16.5. The van der Waals surface area contributed by atoms with E-state index in [-0.39, 0.29) is 16.8 Å². The Morgan fingerprint density at radius 2 is 1.58 bits per heavy atom. The van der Waals surface area contributed by atoms with E-state index in [4.69, 9.17) is 9.15 Å². The average Bonchev–Trinajstić information content (AvgIpc) is 2.76. The summed E-state index contributed by atoms with van der Waals surface area (Å²) < 4.78 is 11.1. The van der Waals surface area contributed by atoms with Crippen molar-refractivity contribution >= 4 is 22.9 Å². The van der Waals surface area contributed by atoms with Crippen molar-refractivity contribution < 1.29 is 18.7 Å². The lowest BCUT2D eigenvalue weighted by Gasteiger charge is -2.17. The van der Waals surface area contributed by atoms with Crippen LogP contribution in [0.15, 0.2) is 69.9 Å². The maximum Gasteiger partial charge on any atom is 0.359 e. The van der Waals surface area contributed by atoms with E-state index < -0.39 is 23.3 Å². The van der Waals surface area contributed by atoms with Crippen molar-refractivity contribution in [2.45, 2.75) is 33.6 Å². The van der Waals surface area contributed by atoms with E-state index in [1.165, 1.54) is 0 Å². The summed E-state index contributed by atoms with van der Waals surface area (Å²) in [7, 11) is 0. The SMILES string of the molecule is Cc1cccc(C(=O)C(C(=O)Oc2c(C)cc(C)cc2C)c2nc3ccccc3oc2=O)c1. The zero-order chi connectivity index (χ0) is 23.7. The number of hydrogen-bond donors (Lipinski definition) is 0. The van der Waals surface area contributed by atoms with Crippen LogP contribution in [0.3, 0.4) is 0 Å². The number of fused-ring (bicyclic) bond motifs is 1. The first-order chi connectivity index (χ1) is 15.7. The number of para-hydroxylation sites is 2. The van der Waals surface area contributed by atoms with Crippen molar-refractivity contribution in [1.82, 2.24) is 4.98 Å². The van der Waals surface area contributed by atoms with E-state index in [1.807, 2.05) is 45.9 Å². The summed E-state index contributed by atoms with van der Waals surface area (Å²) in [6, 6.07) is 17.3. The Bertz CT molecular complexity index is 1430. The summed E-state index contributed by atoms with van der Waals surface area (Å²) in [6.07, 6.45) is 0. The number of ether oxygens (including phenoxy) is 1. The van der Waals surface area contributed by atoms with E-state index in [1.54, 1.807) is 42.5 Å². The lowest BCUT2D eigenvalue weighted by molar-refractivity contribution is -0.135. The van der Waals surface area contributed by atoms with Crippen molar-refractivity contribution in [3.05, 3.63) is 105 Å². The number of carbonyl (C=O) groups is 2. The lowest BCUT2D eigenvalue weighted by Crippen LogP contribution is -2.32. The molecule has 166 valence electrons. The fourth-order valence-corrected chi connectivity index (χ4v) is 3.94. The molecule has 0 radical (unpaired) electrons. The molecule has 0 bridgehead atoms. The van der Waals surface area contributed by atoms with E-state index in [0.717, 1.165) is 22.3 Å². The van der Waals surface area contributed by atoms with Crippen molar-refractivity contribution in [2.75, 3.05) is 0 Å². The Hall–Kier alpha value is -4.06. The summed E-state index contributed by atoms with van der Waals surface area (Å²) in [5.41, 5.74) is 3.13. The Balaban J connectivity index is 1.85. The minimum atomic E-state index is -1.58. The van der Waals surface area contributed by atoms with Crippen LogP contribution in [-0.2, 0) is 4.79 Å². The number of carbonyl (C=O) groups excluding carboxylic acids is 2. The van der Waals surface area contributed by atoms with Crippen molar-refractivity contribution in [3.8, 4) is 5.75 Å².